The van der Waals surface area contributed by atoms with E-state index in [1.165, 1.54) is 0 Å². The number of anilines is 3. The number of hydrogen-bond acceptors (Lipinski definition) is 6. The van der Waals surface area contributed by atoms with E-state index in [0.29, 0.717) is 19.6 Å². The monoisotopic (exact) mass is 453 g/mol. The van der Waals surface area contributed by atoms with E-state index >= 15 is 0 Å². The molecule has 9 nitrogen and oxygen atoms in total. The van der Waals surface area contributed by atoms with Crippen molar-refractivity contribution in [1.29, 1.82) is 0 Å². The van der Waals surface area contributed by atoms with Crippen molar-refractivity contribution in [2.24, 2.45) is 0 Å². The highest BCUT2D eigenvalue weighted by atomic mass is 16.5. The Labute approximate surface area is 196 Å². The summed E-state index contributed by atoms with van der Waals surface area (Å²) in [6.07, 6.45) is 8.15. The predicted octanol–water partition coefficient (Wildman–Crippen LogP) is 4.06. The number of carbonyl (C=O) groups is 1. The molecule has 5 heterocycles. The standard InChI is InChI=1S/C25H23N7O2/c1-2-31-23-17(22-27-10-11-32(22)20-6-4-9-26-24(20)31)13-16(14-28-23)8-12-34-21-7-3-5-19-18(21)15-29-25(33)30-19/h3-7,9-11,13-14H,2,8,12,15H2,1H3,(H2,29,30,33). The van der Waals surface area contributed by atoms with Crippen LogP contribution in [0.1, 0.15) is 18.1 Å². The number of urea groups is 1. The van der Waals surface area contributed by atoms with E-state index in [1.54, 1.807) is 12.4 Å². The molecule has 2 N–H and O–H groups in total. The summed E-state index contributed by atoms with van der Waals surface area (Å²) in [5, 5.41) is 5.61. The summed E-state index contributed by atoms with van der Waals surface area (Å²) in [6.45, 7) is 3.76. The highest BCUT2D eigenvalue weighted by Gasteiger charge is 2.27. The van der Waals surface area contributed by atoms with E-state index in [1.807, 2.05) is 36.7 Å². The van der Waals surface area contributed by atoms with Gasteiger partial charge in [-0.1, -0.05) is 6.07 Å². The van der Waals surface area contributed by atoms with E-state index in [0.717, 1.165) is 57.8 Å². The second-order valence-electron chi connectivity index (χ2n) is 8.11. The molecule has 2 aliphatic heterocycles. The molecule has 4 aromatic rings. The van der Waals surface area contributed by atoms with Gasteiger partial charge in [0.25, 0.3) is 0 Å². The van der Waals surface area contributed by atoms with Crippen LogP contribution < -0.4 is 20.3 Å². The molecular weight excluding hydrogens is 430 g/mol. The second kappa shape index (κ2) is 8.18. The molecule has 0 bridgehead atoms. The number of nitrogens with zero attached hydrogens (tertiary/aromatic N) is 5. The van der Waals surface area contributed by atoms with Crippen LogP contribution in [-0.4, -0.2) is 38.7 Å². The van der Waals surface area contributed by atoms with Crippen LogP contribution in [0.5, 0.6) is 5.75 Å². The van der Waals surface area contributed by atoms with Gasteiger partial charge in [0.2, 0.25) is 0 Å². The van der Waals surface area contributed by atoms with Crippen LogP contribution in [0.3, 0.4) is 0 Å². The smallest absolute Gasteiger partial charge is 0.319 e. The molecule has 34 heavy (non-hydrogen) atoms. The van der Waals surface area contributed by atoms with Crippen molar-refractivity contribution in [1.82, 2.24) is 24.8 Å². The van der Waals surface area contributed by atoms with Gasteiger partial charge in [-0.25, -0.2) is 19.7 Å². The van der Waals surface area contributed by atoms with Gasteiger partial charge >= 0.3 is 6.03 Å². The van der Waals surface area contributed by atoms with Crippen molar-refractivity contribution < 1.29 is 9.53 Å². The topological polar surface area (TPSA) is 97.2 Å². The Kier molecular flexibility index (Phi) is 4.87. The minimum Gasteiger partial charge on any atom is -0.493 e. The summed E-state index contributed by atoms with van der Waals surface area (Å²) >= 11 is 0. The molecule has 2 aliphatic rings. The quantitative estimate of drug-likeness (QED) is 0.473. The molecule has 9 heteroatoms. The van der Waals surface area contributed by atoms with Crippen molar-refractivity contribution in [3.8, 4) is 22.8 Å². The van der Waals surface area contributed by atoms with Gasteiger partial charge < -0.3 is 20.3 Å². The molecule has 0 saturated carbocycles. The Morgan fingerprint density at radius 1 is 1.09 bits per heavy atom. The number of imidazole rings is 1. The van der Waals surface area contributed by atoms with Gasteiger partial charge in [0.15, 0.2) is 5.82 Å². The largest absolute Gasteiger partial charge is 0.493 e. The van der Waals surface area contributed by atoms with Gasteiger partial charge in [-0.2, -0.15) is 0 Å². The molecule has 170 valence electrons. The maximum absolute atomic E-state index is 11.6. The zero-order valence-corrected chi connectivity index (χ0v) is 18.7. The SMILES string of the molecule is CCN1c2ncc(CCOc3cccc4c3CNC(=O)N4)cc2-c2nccn2-c2cccnc21. The second-order valence-corrected chi connectivity index (χ2v) is 8.11. The summed E-state index contributed by atoms with van der Waals surface area (Å²) in [7, 11) is 0. The molecule has 1 aromatic carbocycles. The Morgan fingerprint density at radius 2 is 2.03 bits per heavy atom. The summed E-state index contributed by atoms with van der Waals surface area (Å²) in [6, 6.07) is 11.6. The van der Waals surface area contributed by atoms with Crippen molar-refractivity contribution in [2.75, 3.05) is 23.4 Å². The summed E-state index contributed by atoms with van der Waals surface area (Å²) in [4.78, 5) is 27.8. The van der Waals surface area contributed by atoms with E-state index in [2.05, 4.69) is 49.1 Å². The number of amides is 2. The van der Waals surface area contributed by atoms with E-state index in [-0.39, 0.29) is 6.03 Å². The lowest BCUT2D eigenvalue weighted by molar-refractivity contribution is 0.250. The number of pyridine rings is 2. The van der Waals surface area contributed by atoms with Crippen molar-refractivity contribution in [3.05, 3.63) is 72.3 Å². The molecular formula is C25H23N7O2. The van der Waals surface area contributed by atoms with Crippen LogP contribution in [0.4, 0.5) is 22.1 Å². The lowest BCUT2D eigenvalue weighted by Gasteiger charge is -2.22. The number of carbonyl (C=O) groups excluding carboxylic acids is 1. The average Bonchev–Trinajstić information content (AvgIpc) is 3.31. The highest BCUT2D eigenvalue weighted by molar-refractivity contribution is 5.92. The minimum absolute atomic E-state index is 0.197. The summed E-state index contributed by atoms with van der Waals surface area (Å²) in [5.74, 6) is 3.31. The molecule has 0 atom stereocenters. The molecule has 2 amide bonds. The summed E-state index contributed by atoms with van der Waals surface area (Å²) in [5.41, 5.74) is 4.74. The van der Waals surface area contributed by atoms with Crippen LogP contribution in [0.2, 0.25) is 0 Å². The Balaban J connectivity index is 1.28. The maximum Gasteiger partial charge on any atom is 0.319 e. The molecule has 3 aromatic heterocycles. The summed E-state index contributed by atoms with van der Waals surface area (Å²) < 4.78 is 8.17. The van der Waals surface area contributed by atoms with Gasteiger partial charge in [-0.05, 0) is 42.8 Å². The first-order valence-corrected chi connectivity index (χ1v) is 11.3. The molecule has 0 radical (unpaired) electrons. The number of benzene rings is 1. The van der Waals surface area contributed by atoms with Crippen LogP contribution in [0.15, 0.2) is 61.2 Å². The normalized spacial score (nSPS) is 13.6. The van der Waals surface area contributed by atoms with E-state index in [4.69, 9.17) is 9.72 Å². The Morgan fingerprint density at radius 3 is 2.94 bits per heavy atom. The first-order valence-electron chi connectivity index (χ1n) is 11.3. The van der Waals surface area contributed by atoms with Crippen molar-refractivity contribution >= 4 is 23.4 Å². The van der Waals surface area contributed by atoms with Crippen LogP contribution in [-0.2, 0) is 13.0 Å². The number of nitrogens with one attached hydrogen (secondary N) is 2. The van der Waals surface area contributed by atoms with Gasteiger partial charge in [0.05, 0.1) is 30.1 Å². The molecule has 0 spiro atoms. The first-order chi connectivity index (χ1) is 16.7. The minimum atomic E-state index is -0.197. The van der Waals surface area contributed by atoms with Gasteiger partial charge in [0.1, 0.15) is 17.4 Å². The number of rotatable bonds is 5. The van der Waals surface area contributed by atoms with Gasteiger partial charge in [-0.15, -0.1) is 0 Å². The Hall–Kier alpha value is -4.40. The van der Waals surface area contributed by atoms with Crippen molar-refractivity contribution in [2.45, 2.75) is 19.9 Å². The van der Waals surface area contributed by atoms with Crippen LogP contribution in [0.25, 0.3) is 17.1 Å². The third-order valence-corrected chi connectivity index (χ3v) is 6.11. The zero-order chi connectivity index (χ0) is 23.1. The third kappa shape index (κ3) is 3.33. The molecule has 0 saturated heterocycles. The lowest BCUT2D eigenvalue weighted by Crippen LogP contribution is -2.33. The number of aromatic nitrogens is 4. The fourth-order valence-corrected chi connectivity index (χ4v) is 4.51. The molecule has 0 fully saturated rings. The fourth-order valence-electron chi connectivity index (χ4n) is 4.51. The number of hydrogen-bond donors (Lipinski definition) is 2. The zero-order valence-electron chi connectivity index (χ0n) is 18.7. The average molecular weight is 454 g/mol. The van der Waals surface area contributed by atoms with Crippen LogP contribution in [0, 0.1) is 0 Å². The van der Waals surface area contributed by atoms with Gasteiger partial charge in [0, 0.05) is 43.3 Å². The number of ether oxygens (including phenoxy) is 1. The predicted molar refractivity (Wildman–Crippen MR) is 129 cm³/mol. The molecule has 0 aliphatic carbocycles. The first kappa shape index (κ1) is 20.2. The fraction of sp³-hybridized carbons (Fsp3) is 0.200. The number of fused-ring (bicyclic) bond motifs is 6. The molecule has 0 unspecified atom stereocenters. The lowest BCUT2D eigenvalue weighted by atomic mass is 10.1. The highest BCUT2D eigenvalue weighted by Crippen LogP contribution is 2.40. The third-order valence-electron chi connectivity index (χ3n) is 6.11. The molecule has 6 rings (SSSR count). The van der Waals surface area contributed by atoms with Crippen molar-refractivity contribution in [3.63, 3.8) is 0 Å². The maximum atomic E-state index is 11.6. The van der Waals surface area contributed by atoms with E-state index in [9.17, 15) is 4.79 Å². The Bertz CT molecular complexity index is 1400. The van der Waals surface area contributed by atoms with Gasteiger partial charge in [-0.3, -0.25) is 4.57 Å². The van der Waals surface area contributed by atoms with Crippen LogP contribution >= 0.6 is 0 Å². The van der Waals surface area contributed by atoms with E-state index < -0.39 is 0 Å².